The van der Waals surface area contributed by atoms with Gasteiger partial charge in [0.2, 0.25) is 11.8 Å². The van der Waals surface area contributed by atoms with Gasteiger partial charge in [-0.2, -0.15) is 10.2 Å². The maximum Gasteiger partial charge on any atom is 0.332 e. The highest BCUT2D eigenvalue weighted by molar-refractivity contribution is 5.68. The zero-order valence-corrected chi connectivity index (χ0v) is 11.0. The maximum absolute atomic E-state index is 11.1. The highest BCUT2D eigenvalue weighted by Crippen LogP contribution is 2.29. The molecule has 0 fully saturated rings. The Kier molecular flexibility index (Phi) is 3.92. The van der Waals surface area contributed by atoms with Crippen molar-refractivity contribution in [1.29, 1.82) is 5.26 Å². The van der Waals surface area contributed by atoms with E-state index in [0.717, 1.165) is 0 Å². The fourth-order valence-electron chi connectivity index (χ4n) is 1.70. The number of nitrogens with one attached hydrogen (secondary N) is 2. The van der Waals surface area contributed by atoms with E-state index in [1.807, 2.05) is 6.07 Å². The van der Waals surface area contributed by atoms with Crippen molar-refractivity contribution in [2.75, 3.05) is 10.7 Å². The third kappa shape index (κ3) is 3.02. The highest BCUT2D eigenvalue weighted by atomic mass is 16.6. The molecule has 0 atom stereocenters. The molecule has 2 aromatic rings. The van der Waals surface area contributed by atoms with Crippen LogP contribution in [0.2, 0.25) is 0 Å². The SMILES string of the molecule is Cc1nc(NN)nc(Nc2ccc(C#N)cc2)c1[N+](=O)[O-]. The molecule has 0 aliphatic carbocycles. The number of hydrazine groups is 1. The number of nitriles is 1. The highest BCUT2D eigenvalue weighted by Gasteiger charge is 2.22. The quantitative estimate of drug-likeness (QED) is 0.436. The smallest absolute Gasteiger partial charge is 0.332 e. The zero-order valence-electron chi connectivity index (χ0n) is 11.0. The number of rotatable bonds is 4. The molecule has 0 saturated carbocycles. The summed E-state index contributed by atoms with van der Waals surface area (Å²) in [6.07, 6.45) is 0. The van der Waals surface area contributed by atoms with Crippen LogP contribution in [-0.4, -0.2) is 14.9 Å². The number of aromatic nitrogens is 2. The third-order valence-corrected chi connectivity index (χ3v) is 2.65. The molecule has 1 heterocycles. The van der Waals surface area contributed by atoms with Gasteiger partial charge in [-0.05, 0) is 31.2 Å². The Morgan fingerprint density at radius 2 is 2.00 bits per heavy atom. The van der Waals surface area contributed by atoms with E-state index in [4.69, 9.17) is 11.1 Å². The monoisotopic (exact) mass is 285 g/mol. The summed E-state index contributed by atoms with van der Waals surface area (Å²) in [5, 5.41) is 22.7. The van der Waals surface area contributed by atoms with E-state index < -0.39 is 4.92 Å². The summed E-state index contributed by atoms with van der Waals surface area (Å²) in [5.74, 6) is 5.32. The number of hydrogen-bond acceptors (Lipinski definition) is 8. The van der Waals surface area contributed by atoms with Gasteiger partial charge in [-0.1, -0.05) is 0 Å². The second-order valence-corrected chi connectivity index (χ2v) is 4.05. The molecule has 0 amide bonds. The minimum Gasteiger partial charge on any atom is -0.334 e. The van der Waals surface area contributed by atoms with Gasteiger partial charge in [0.25, 0.3) is 0 Å². The first kappa shape index (κ1) is 14.2. The Morgan fingerprint density at radius 3 is 2.52 bits per heavy atom. The van der Waals surface area contributed by atoms with Crippen molar-refractivity contribution in [3.8, 4) is 6.07 Å². The van der Waals surface area contributed by atoms with Crippen molar-refractivity contribution in [1.82, 2.24) is 9.97 Å². The van der Waals surface area contributed by atoms with Crippen LogP contribution >= 0.6 is 0 Å². The second kappa shape index (κ2) is 5.81. The van der Waals surface area contributed by atoms with Gasteiger partial charge in [-0.25, -0.2) is 10.8 Å². The number of hydrogen-bond donors (Lipinski definition) is 3. The summed E-state index contributed by atoms with van der Waals surface area (Å²) >= 11 is 0. The van der Waals surface area contributed by atoms with Crippen LogP contribution in [0.4, 0.5) is 23.1 Å². The molecule has 1 aromatic carbocycles. The molecule has 9 nitrogen and oxygen atoms in total. The largest absolute Gasteiger partial charge is 0.334 e. The van der Waals surface area contributed by atoms with E-state index in [9.17, 15) is 10.1 Å². The molecule has 0 radical (unpaired) electrons. The molecular formula is C12H11N7O2. The maximum atomic E-state index is 11.1. The number of aryl methyl sites for hydroxylation is 1. The third-order valence-electron chi connectivity index (χ3n) is 2.65. The Bertz CT molecular complexity index is 722. The van der Waals surface area contributed by atoms with Crippen molar-refractivity contribution in [3.63, 3.8) is 0 Å². The lowest BCUT2D eigenvalue weighted by Gasteiger charge is -2.09. The number of nitro groups is 1. The summed E-state index contributed by atoms with van der Waals surface area (Å²) in [5.41, 5.74) is 3.23. The van der Waals surface area contributed by atoms with Crippen LogP contribution in [0.25, 0.3) is 0 Å². The van der Waals surface area contributed by atoms with E-state index >= 15 is 0 Å². The summed E-state index contributed by atoms with van der Waals surface area (Å²) in [7, 11) is 0. The Balaban J connectivity index is 2.43. The molecule has 4 N–H and O–H groups in total. The first-order valence-electron chi connectivity index (χ1n) is 5.82. The van der Waals surface area contributed by atoms with Crippen molar-refractivity contribution in [2.45, 2.75) is 6.92 Å². The standard InChI is InChI=1S/C12H11N7O2/c1-7-10(19(20)21)11(17-12(15-7)18-14)16-9-4-2-8(6-13)3-5-9/h2-5H,14H2,1H3,(H2,15,16,17,18). The van der Waals surface area contributed by atoms with Gasteiger partial charge < -0.3 is 5.32 Å². The molecule has 0 aliphatic heterocycles. The summed E-state index contributed by atoms with van der Waals surface area (Å²) in [4.78, 5) is 18.4. The van der Waals surface area contributed by atoms with Gasteiger partial charge in [-0.15, -0.1) is 0 Å². The Morgan fingerprint density at radius 1 is 1.33 bits per heavy atom. The molecule has 0 bridgehead atoms. The zero-order chi connectivity index (χ0) is 15.4. The molecule has 2 rings (SSSR count). The van der Waals surface area contributed by atoms with Gasteiger partial charge in [-0.3, -0.25) is 15.5 Å². The number of nitrogens with zero attached hydrogens (tertiary/aromatic N) is 4. The first-order chi connectivity index (χ1) is 10.0. The van der Waals surface area contributed by atoms with Crippen molar-refractivity contribution in [3.05, 3.63) is 45.6 Å². The minimum atomic E-state index is -0.568. The predicted octanol–water partition coefficient (Wildman–Crippen LogP) is 1.59. The lowest BCUT2D eigenvalue weighted by atomic mass is 10.2. The van der Waals surface area contributed by atoms with Crippen LogP contribution in [0.3, 0.4) is 0 Å². The number of anilines is 3. The summed E-state index contributed by atoms with van der Waals surface area (Å²) in [6, 6.07) is 8.40. The van der Waals surface area contributed by atoms with Crippen molar-refractivity contribution >= 4 is 23.1 Å². The lowest BCUT2D eigenvalue weighted by molar-refractivity contribution is -0.385. The molecule has 0 saturated heterocycles. The fraction of sp³-hybridized carbons (Fsp3) is 0.0833. The van der Waals surface area contributed by atoms with Crippen LogP contribution in [-0.2, 0) is 0 Å². The summed E-state index contributed by atoms with van der Waals surface area (Å²) in [6.45, 7) is 1.49. The van der Waals surface area contributed by atoms with E-state index in [0.29, 0.717) is 11.3 Å². The molecule has 1 aromatic heterocycles. The van der Waals surface area contributed by atoms with Crippen LogP contribution in [0.5, 0.6) is 0 Å². The van der Waals surface area contributed by atoms with Crippen LogP contribution < -0.4 is 16.6 Å². The second-order valence-electron chi connectivity index (χ2n) is 4.05. The molecule has 106 valence electrons. The summed E-state index contributed by atoms with van der Waals surface area (Å²) < 4.78 is 0. The van der Waals surface area contributed by atoms with Gasteiger partial charge >= 0.3 is 5.69 Å². The predicted molar refractivity (Wildman–Crippen MR) is 75.7 cm³/mol. The average Bonchev–Trinajstić information content (AvgIpc) is 2.47. The molecule has 0 spiro atoms. The van der Waals surface area contributed by atoms with Crippen LogP contribution in [0.15, 0.2) is 24.3 Å². The molecule has 0 aliphatic rings. The topological polar surface area (TPSA) is 143 Å². The molecular weight excluding hydrogens is 274 g/mol. The van der Waals surface area contributed by atoms with E-state index in [2.05, 4.69) is 20.7 Å². The first-order valence-corrected chi connectivity index (χ1v) is 5.82. The van der Waals surface area contributed by atoms with Crippen LogP contribution in [0.1, 0.15) is 11.3 Å². The van der Waals surface area contributed by atoms with Gasteiger partial charge in [0.1, 0.15) is 5.69 Å². The van der Waals surface area contributed by atoms with E-state index in [-0.39, 0.29) is 23.1 Å². The van der Waals surface area contributed by atoms with Gasteiger partial charge in [0, 0.05) is 5.69 Å². The van der Waals surface area contributed by atoms with Crippen LogP contribution in [0, 0.1) is 28.4 Å². The number of nitrogen functional groups attached to an aromatic ring is 1. The Hall–Kier alpha value is -3.25. The van der Waals surface area contributed by atoms with E-state index in [1.54, 1.807) is 24.3 Å². The van der Waals surface area contributed by atoms with Gasteiger partial charge in [0.15, 0.2) is 0 Å². The average molecular weight is 285 g/mol. The lowest BCUT2D eigenvalue weighted by Crippen LogP contribution is -2.13. The van der Waals surface area contributed by atoms with Crippen molar-refractivity contribution in [2.24, 2.45) is 5.84 Å². The normalized spacial score (nSPS) is 9.76. The van der Waals surface area contributed by atoms with Gasteiger partial charge in [0.05, 0.1) is 16.6 Å². The number of nitrogens with two attached hydrogens (primary N) is 1. The molecule has 9 heteroatoms. The fourth-order valence-corrected chi connectivity index (χ4v) is 1.70. The Labute approximate surface area is 119 Å². The minimum absolute atomic E-state index is 0.0187. The number of benzene rings is 1. The molecule has 21 heavy (non-hydrogen) atoms. The van der Waals surface area contributed by atoms with Crippen molar-refractivity contribution < 1.29 is 4.92 Å². The van der Waals surface area contributed by atoms with E-state index in [1.165, 1.54) is 6.92 Å². The molecule has 0 unspecified atom stereocenters.